The van der Waals surface area contributed by atoms with E-state index in [9.17, 15) is 14.7 Å². The van der Waals surface area contributed by atoms with E-state index in [2.05, 4.69) is 31.2 Å². The number of aliphatic hydroxyl groups is 1. The lowest BCUT2D eigenvalue weighted by molar-refractivity contribution is 0.195. The normalized spacial score (nSPS) is 14.7. The van der Waals surface area contributed by atoms with Crippen molar-refractivity contribution in [3.63, 3.8) is 0 Å². The molecule has 0 aliphatic carbocycles. The van der Waals surface area contributed by atoms with Gasteiger partial charge in [0.15, 0.2) is 0 Å². The first kappa shape index (κ1) is 27.1. The van der Waals surface area contributed by atoms with Crippen molar-refractivity contribution in [2.45, 2.75) is 20.3 Å². The molecule has 1 aliphatic rings. The zero-order valence-electron chi connectivity index (χ0n) is 22.9. The molecule has 0 bridgehead atoms. The highest BCUT2D eigenvalue weighted by Gasteiger charge is 2.22. The summed E-state index contributed by atoms with van der Waals surface area (Å²) < 4.78 is 0. The lowest BCUT2D eigenvalue weighted by Gasteiger charge is -2.36. The van der Waals surface area contributed by atoms with Crippen molar-refractivity contribution in [2.24, 2.45) is 10.9 Å². The topological polar surface area (TPSA) is 130 Å². The number of anilines is 1. The zero-order chi connectivity index (χ0) is 28.1. The average Bonchev–Trinajstić information content (AvgIpc) is 3.40. The van der Waals surface area contributed by atoms with Gasteiger partial charge in [-0.05, 0) is 49.6 Å². The summed E-state index contributed by atoms with van der Waals surface area (Å²) in [4.78, 5) is 44.7. The number of carbonyl (C=O) groups excluding carboxylic acids is 1. The Hall–Kier alpha value is -4.44. The molecule has 2 amide bonds. The summed E-state index contributed by atoms with van der Waals surface area (Å²) in [5.74, 6) is 0.248. The molecule has 1 aliphatic heterocycles. The van der Waals surface area contributed by atoms with Crippen molar-refractivity contribution in [2.75, 3.05) is 44.2 Å². The predicted molar refractivity (Wildman–Crippen MR) is 159 cm³/mol. The smallest absolute Gasteiger partial charge is 0.317 e. The van der Waals surface area contributed by atoms with Gasteiger partial charge in [0.05, 0.1) is 23.3 Å². The minimum atomic E-state index is -0.295. The number of hydrogen-bond donors (Lipinski definition) is 4. The fourth-order valence-corrected chi connectivity index (χ4v) is 5.07. The maximum absolute atomic E-state index is 13.0. The van der Waals surface area contributed by atoms with Gasteiger partial charge in [-0.25, -0.2) is 9.78 Å². The maximum Gasteiger partial charge on any atom is 0.317 e. The molecule has 4 aromatic rings. The van der Waals surface area contributed by atoms with Gasteiger partial charge in [-0.15, -0.1) is 0 Å². The van der Waals surface area contributed by atoms with E-state index in [0.717, 1.165) is 40.9 Å². The Morgan fingerprint density at radius 2 is 1.95 bits per heavy atom. The van der Waals surface area contributed by atoms with Crippen LogP contribution in [0.3, 0.4) is 0 Å². The van der Waals surface area contributed by atoms with Crippen molar-refractivity contribution in [1.29, 1.82) is 0 Å². The van der Waals surface area contributed by atoms with Gasteiger partial charge in [-0.1, -0.05) is 30.3 Å². The van der Waals surface area contributed by atoms with Crippen LogP contribution >= 0.6 is 0 Å². The van der Waals surface area contributed by atoms with Gasteiger partial charge < -0.3 is 30.2 Å². The van der Waals surface area contributed by atoms with Crippen LogP contribution < -0.4 is 15.8 Å². The van der Waals surface area contributed by atoms with Crippen LogP contribution in [-0.4, -0.2) is 76.5 Å². The number of fused-ring (bicyclic) bond motifs is 1. The second kappa shape index (κ2) is 12.2. The molecule has 10 heteroatoms. The lowest BCUT2D eigenvalue weighted by Crippen LogP contribution is -2.51. The highest BCUT2D eigenvalue weighted by molar-refractivity contribution is 5.88. The van der Waals surface area contributed by atoms with Gasteiger partial charge in [0.25, 0.3) is 5.56 Å². The van der Waals surface area contributed by atoms with E-state index in [4.69, 9.17) is 4.98 Å². The fourth-order valence-electron chi connectivity index (χ4n) is 5.07. The number of aryl methyl sites for hydroxylation is 1. The van der Waals surface area contributed by atoms with E-state index in [1.54, 1.807) is 18.5 Å². The summed E-state index contributed by atoms with van der Waals surface area (Å²) in [6.45, 7) is 7.25. The molecule has 2 aromatic heterocycles. The predicted octanol–water partition coefficient (Wildman–Crippen LogP) is 3.63. The summed E-state index contributed by atoms with van der Waals surface area (Å²) >= 11 is 0. The molecule has 40 heavy (non-hydrogen) atoms. The van der Waals surface area contributed by atoms with Crippen molar-refractivity contribution in [1.82, 2.24) is 25.2 Å². The van der Waals surface area contributed by atoms with E-state index in [0.29, 0.717) is 43.1 Å². The number of aromatic nitrogens is 3. The molecular weight excluding hydrogens is 506 g/mol. The Morgan fingerprint density at radius 1 is 1.18 bits per heavy atom. The molecule has 1 saturated heterocycles. The third kappa shape index (κ3) is 5.91. The molecule has 3 heterocycles. The lowest BCUT2D eigenvalue weighted by atomic mass is 10.0. The van der Waals surface area contributed by atoms with Crippen molar-refractivity contribution in [3.05, 3.63) is 76.2 Å². The second-order valence-corrected chi connectivity index (χ2v) is 10.0. The number of imidazole rings is 1. The summed E-state index contributed by atoms with van der Waals surface area (Å²) in [7, 11) is 0. The molecule has 0 radical (unpaired) electrons. The highest BCUT2D eigenvalue weighted by atomic mass is 16.3. The van der Waals surface area contributed by atoms with Crippen LogP contribution in [0.5, 0.6) is 0 Å². The number of carbonyl (C=O) groups is 1. The average molecular weight is 542 g/mol. The number of nitrogens with zero attached hydrogens (tertiary/aromatic N) is 4. The van der Waals surface area contributed by atoms with Gasteiger partial charge in [-0.2, -0.15) is 0 Å². The molecule has 1 unspecified atom stereocenters. The first-order valence-corrected chi connectivity index (χ1v) is 13.7. The zero-order valence-corrected chi connectivity index (χ0v) is 22.9. The molecule has 0 saturated carbocycles. The molecule has 2 aromatic carbocycles. The molecular formula is C30H35N7O3. The highest BCUT2D eigenvalue weighted by Crippen LogP contribution is 2.30. The monoisotopic (exact) mass is 541 g/mol. The summed E-state index contributed by atoms with van der Waals surface area (Å²) in [5.41, 5.74) is 5.29. The number of aliphatic hydroxyl groups excluding tert-OH is 1. The van der Waals surface area contributed by atoms with Gasteiger partial charge in [0.2, 0.25) is 0 Å². The van der Waals surface area contributed by atoms with Crippen LogP contribution in [0.15, 0.2) is 64.5 Å². The first-order valence-electron chi connectivity index (χ1n) is 13.7. The number of piperazine rings is 1. The van der Waals surface area contributed by atoms with Crippen molar-refractivity contribution >= 4 is 34.7 Å². The van der Waals surface area contributed by atoms with E-state index < -0.39 is 0 Å². The number of nitrogens with one attached hydrogen (secondary N) is 3. The quantitative estimate of drug-likeness (QED) is 0.253. The Labute approximate surface area is 232 Å². The van der Waals surface area contributed by atoms with Gasteiger partial charge in [0.1, 0.15) is 11.4 Å². The first-order chi connectivity index (χ1) is 19.5. The fraction of sp³-hybridized carbons (Fsp3) is 0.333. The third-order valence-electron chi connectivity index (χ3n) is 7.20. The van der Waals surface area contributed by atoms with Gasteiger partial charge in [0, 0.05) is 56.7 Å². The molecule has 1 fully saturated rings. The Bertz CT molecular complexity index is 1550. The largest absolute Gasteiger partial charge is 0.396 e. The number of benzene rings is 2. The van der Waals surface area contributed by atoms with Gasteiger partial charge in [-0.3, -0.25) is 9.79 Å². The van der Waals surface area contributed by atoms with Crippen LogP contribution in [-0.2, 0) is 6.42 Å². The third-order valence-corrected chi connectivity index (χ3v) is 7.20. The van der Waals surface area contributed by atoms with Crippen LogP contribution in [0, 0.1) is 12.8 Å². The SMILES string of the molecule is CCNC(=O)N1CCN(c2cc(C)c3nc(-c4c(N=CC(CO)Cc5ccccc5)cc[nH]c4=O)[nH]c3c2)CC1. The molecule has 10 nitrogen and oxygen atoms in total. The maximum atomic E-state index is 13.0. The van der Waals surface area contributed by atoms with Crippen LogP contribution in [0.1, 0.15) is 18.1 Å². The number of aromatic amines is 2. The van der Waals surface area contributed by atoms with Crippen LogP contribution in [0.2, 0.25) is 0 Å². The number of urea groups is 1. The van der Waals surface area contributed by atoms with E-state index in [1.165, 1.54) is 0 Å². The summed E-state index contributed by atoms with van der Waals surface area (Å²) in [6.07, 6.45) is 3.91. The second-order valence-electron chi connectivity index (χ2n) is 10.0. The molecule has 0 spiro atoms. The Morgan fingerprint density at radius 3 is 2.67 bits per heavy atom. The molecule has 1 atom stereocenters. The Balaban J connectivity index is 1.40. The van der Waals surface area contributed by atoms with Crippen LogP contribution in [0.25, 0.3) is 22.4 Å². The summed E-state index contributed by atoms with van der Waals surface area (Å²) in [6, 6.07) is 15.8. The molecule has 208 valence electrons. The van der Waals surface area contributed by atoms with Crippen molar-refractivity contribution in [3.8, 4) is 11.4 Å². The molecule has 5 rings (SSSR count). The minimum Gasteiger partial charge on any atom is -0.396 e. The van der Waals surface area contributed by atoms with E-state index in [1.807, 2.05) is 55.1 Å². The summed E-state index contributed by atoms with van der Waals surface area (Å²) in [5, 5.41) is 12.8. The Kier molecular flexibility index (Phi) is 8.26. The standard InChI is InChI=1S/C30H35N7O3/c1-3-31-30(40)37-13-11-36(12-14-37)23-15-20(2)27-25(17-23)34-28(35-27)26-24(9-10-32-29(26)39)33-18-22(19-38)16-21-7-5-4-6-8-21/h4-10,15,17-18,22,38H,3,11-14,16,19H2,1-2H3,(H,31,40)(H,32,39)(H,34,35). The number of hydrogen-bond acceptors (Lipinski definition) is 6. The van der Waals surface area contributed by atoms with Crippen LogP contribution in [0.4, 0.5) is 16.2 Å². The number of rotatable bonds is 8. The number of pyridine rings is 1. The van der Waals surface area contributed by atoms with E-state index in [-0.39, 0.29) is 24.1 Å². The number of H-pyrrole nitrogens is 2. The minimum absolute atomic E-state index is 0.0242. The van der Waals surface area contributed by atoms with E-state index >= 15 is 0 Å². The van der Waals surface area contributed by atoms with Gasteiger partial charge >= 0.3 is 6.03 Å². The molecule has 4 N–H and O–H groups in total. The number of amides is 2. The van der Waals surface area contributed by atoms with Crippen molar-refractivity contribution < 1.29 is 9.90 Å². The number of aliphatic imine (C=N–C) groups is 1.